The lowest BCUT2D eigenvalue weighted by atomic mass is 10.1. The van der Waals surface area contributed by atoms with Crippen molar-refractivity contribution in [3.8, 4) is 5.88 Å². The van der Waals surface area contributed by atoms with Gasteiger partial charge in [0, 0.05) is 10.7 Å². The Morgan fingerprint density at radius 1 is 1.43 bits per heavy atom. The lowest BCUT2D eigenvalue weighted by Crippen LogP contribution is -2.19. The zero-order valence-corrected chi connectivity index (χ0v) is 10.2. The third-order valence-corrected chi connectivity index (χ3v) is 2.52. The van der Waals surface area contributed by atoms with Crippen LogP contribution in [-0.2, 0) is 0 Å². The predicted octanol–water partition coefficient (Wildman–Crippen LogP) is 2.85. The van der Waals surface area contributed by atoms with Crippen LogP contribution in [0.3, 0.4) is 0 Å². The van der Waals surface area contributed by atoms with Gasteiger partial charge in [0.05, 0.1) is 11.8 Å². The molecule has 0 bridgehead atoms. The van der Waals surface area contributed by atoms with Gasteiger partial charge in [-0.05, 0) is 34.8 Å². The van der Waals surface area contributed by atoms with Gasteiger partial charge in [0.15, 0.2) is 0 Å². The van der Waals surface area contributed by atoms with E-state index in [-0.39, 0.29) is 6.10 Å². The average molecular weight is 259 g/mol. The first-order chi connectivity index (χ1) is 6.50. The number of nitrogen functional groups attached to an aromatic ring is 1. The SMILES string of the molecule is CC(C)C(C)Oc1ncc(Br)cc1N. The molecule has 0 saturated heterocycles. The Labute approximate surface area is 92.8 Å². The molecule has 4 heteroatoms. The van der Waals surface area contributed by atoms with Crippen LogP contribution in [0.25, 0.3) is 0 Å². The molecule has 1 atom stereocenters. The highest BCUT2D eigenvalue weighted by atomic mass is 79.9. The number of rotatable bonds is 3. The van der Waals surface area contributed by atoms with Gasteiger partial charge in [0.2, 0.25) is 5.88 Å². The maximum atomic E-state index is 5.75. The van der Waals surface area contributed by atoms with E-state index in [1.165, 1.54) is 0 Å². The molecule has 2 N–H and O–H groups in total. The summed E-state index contributed by atoms with van der Waals surface area (Å²) >= 11 is 3.29. The Morgan fingerprint density at radius 3 is 2.57 bits per heavy atom. The largest absolute Gasteiger partial charge is 0.473 e. The molecule has 0 radical (unpaired) electrons. The average Bonchev–Trinajstić information content (AvgIpc) is 2.09. The maximum absolute atomic E-state index is 5.75. The normalized spacial score (nSPS) is 12.9. The standard InChI is InChI=1S/C10H15BrN2O/c1-6(2)7(3)14-10-9(12)4-8(11)5-13-10/h4-7H,12H2,1-3H3. The topological polar surface area (TPSA) is 48.1 Å². The minimum absolute atomic E-state index is 0.117. The van der Waals surface area contributed by atoms with E-state index < -0.39 is 0 Å². The van der Waals surface area contributed by atoms with Gasteiger partial charge in [-0.1, -0.05) is 13.8 Å². The number of halogens is 1. The van der Waals surface area contributed by atoms with Crippen LogP contribution in [0.15, 0.2) is 16.7 Å². The molecule has 0 aromatic carbocycles. The minimum atomic E-state index is 0.117. The molecule has 0 aliphatic rings. The molecular formula is C10H15BrN2O. The van der Waals surface area contributed by atoms with Crippen molar-refractivity contribution in [1.29, 1.82) is 0 Å². The Bertz CT molecular complexity index is 315. The molecule has 3 nitrogen and oxygen atoms in total. The molecule has 0 spiro atoms. The number of pyridine rings is 1. The van der Waals surface area contributed by atoms with Gasteiger partial charge in [-0.25, -0.2) is 4.98 Å². The smallest absolute Gasteiger partial charge is 0.237 e. The molecule has 1 aromatic heterocycles. The van der Waals surface area contributed by atoms with Gasteiger partial charge < -0.3 is 10.5 Å². The third kappa shape index (κ3) is 2.87. The molecule has 1 unspecified atom stereocenters. The highest BCUT2D eigenvalue weighted by Gasteiger charge is 2.11. The first-order valence-corrected chi connectivity index (χ1v) is 5.37. The number of nitrogens with zero attached hydrogens (tertiary/aromatic N) is 1. The molecule has 0 amide bonds. The summed E-state index contributed by atoms with van der Waals surface area (Å²) in [7, 11) is 0. The highest BCUT2D eigenvalue weighted by molar-refractivity contribution is 9.10. The lowest BCUT2D eigenvalue weighted by molar-refractivity contribution is 0.164. The first-order valence-electron chi connectivity index (χ1n) is 4.58. The van der Waals surface area contributed by atoms with Gasteiger partial charge in [-0.2, -0.15) is 0 Å². The molecule has 14 heavy (non-hydrogen) atoms. The number of hydrogen-bond acceptors (Lipinski definition) is 3. The maximum Gasteiger partial charge on any atom is 0.237 e. The second-order valence-electron chi connectivity index (χ2n) is 3.61. The van der Waals surface area contributed by atoms with E-state index >= 15 is 0 Å². The lowest BCUT2D eigenvalue weighted by Gasteiger charge is -2.18. The molecule has 1 heterocycles. The molecule has 0 saturated carbocycles. The van der Waals surface area contributed by atoms with Crippen molar-refractivity contribution < 1.29 is 4.74 Å². The summed E-state index contributed by atoms with van der Waals surface area (Å²) in [6.07, 6.45) is 1.80. The summed E-state index contributed by atoms with van der Waals surface area (Å²) in [6.45, 7) is 6.20. The Balaban J connectivity index is 2.77. The Morgan fingerprint density at radius 2 is 2.07 bits per heavy atom. The van der Waals surface area contributed by atoms with Gasteiger partial charge in [-0.3, -0.25) is 0 Å². The summed E-state index contributed by atoms with van der Waals surface area (Å²) in [6, 6.07) is 1.79. The van der Waals surface area contributed by atoms with Crippen LogP contribution in [0.4, 0.5) is 5.69 Å². The molecule has 0 aliphatic heterocycles. The van der Waals surface area contributed by atoms with Crippen LogP contribution in [0.2, 0.25) is 0 Å². The summed E-state index contributed by atoms with van der Waals surface area (Å²) < 4.78 is 6.47. The second kappa shape index (κ2) is 4.64. The number of aromatic nitrogens is 1. The van der Waals surface area contributed by atoms with Crippen molar-refractivity contribution in [2.45, 2.75) is 26.9 Å². The van der Waals surface area contributed by atoms with E-state index in [0.717, 1.165) is 4.47 Å². The van der Waals surface area contributed by atoms with Crippen molar-refractivity contribution in [1.82, 2.24) is 4.98 Å². The number of ether oxygens (including phenoxy) is 1. The van der Waals surface area contributed by atoms with Gasteiger partial charge >= 0.3 is 0 Å². The summed E-state index contributed by atoms with van der Waals surface area (Å²) in [5.41, 5.74) is 6.31. The van der Waals surface area contributed by atoms with Crippen molar-refractivity contribution in [3.05, 3.63) is 16.7 Å². The van der Waals surface area contributed by atoms with E-state index in [2.05, 4.69) is 34.8 Å². The van der Waals surface area contributed by atoms with Crippen LogP contribution in [0.1, 0.15) is 20.8 Å². The summed E-state index contributed by atoms with van der Waals surface area (Å²) in [5, 5.41) is 0. The zero-order valence-electron chi connectivity index (χ0n) is 8.62. The van der Waals surface area contributed by atoms with Crippen molar-refractivity contribution >= 4 is 21.6 Å². The molecule has 1 aromatic rings. The fourth-order valence-corrected chi connectivity index (χ4v) is 1.20. The summed E-state index contributed by atoms with van der Waals surface area (Å²) in [4.78, 5) is 4.11. The zero-order chi connectivity index (χ0) is 10.7. The molecule has 0 fully saturated rings. The quantitative estimate of drug-likeness (QED) is 0.907. The van der Waals surface area contributed by atoms with E-state index in [4.69, 9.17) is 10.5 Å². The minimum Gasteiger partial charge on any atom is -0.473 e. The van der Waals surface area contributed by atoms with Gasteiger partial charge in [0.1, 0.15) is 0 Å². The van der Waals surface area contributed by atoms with Crippen LogP contribution < -0.4 is 10.5 Å². The van der Waals surface area contributed by atoms with Gasteiger partial charge in [0.25, 0.3) is 0 Å². The number of nitrogens with two attached hydrogens (primary N) is 1. The third-order valence-electron chi connectivity index (χ3n) is 2.08. The summed E-state index contributed by atoms with van der Waals surface area (Å²) in [5.74, 6) is 0.953. The molecular weight excluding hydrogens is 244 g/mol. The first kappa shape index (κ1) is 11.3. The predicted molar refractivity (Wildman–Crippen MR) is 61.3 cm³/mol. The van der Waals surface area contributed by atoms with Crippen LogP contribution in [0, 0.1) is 5.92 Å². The highest BCUT2D eigenvalue weighted by Crippen LogP contribution is 2.23. The molecule has 1 rings (SSSR count). The Kier molecular flexibility index (Phi) is 3.75. The molecule has 0 aliphatic carbocycles. The number of hydrogen-bond donors (Lipinski definition) is 1. The van der Waals surface area contributed by atoms with Crippen LogP contribution >= 0.6 is 15.9 Å². The van der Waals surface area contributed by atoms with Crippen molar-refractivity contribution in [2.24, 2.45) is 5.92 Å². The van der Waals surface area contributed by atoms with Crippen LogP contribution in [0.5, 0.6) is 5.88 Å². The van der Waals surface area contributed by atoms with E-state index in [1.807, 2.05) is 6.92 Å². The van der Waals surface area contributed by atoms with Crippen molar-refractivity contribution in [3.63, 3.8) is 0 Å². The van der Waals surface area contributed by atoms with E-state index in [1.54, 1.807) is 12.3 Å². The Hall–Kier alpha value is -0.770. The monoisotopic (exact) mass is 258 g/mol. The second-order valence-corrected chi connectivity index (χ2v) is 4.53. The van der Waals surface area contributed by atoms with Gasteiger partial charge in [-0.15, -0.1) is 0 Å². The number of anilines is 1. The fourth-order valence-electron chi connectivity index (χ4n) is 0.853. The van der Waals surface area contributed by atoms with Crippen molar-refractivity contribution in [2.75, 3.05) is 5.73 Å². The fraction of sp³-hybridized carbons (Fsp3) is 0.500. The van der Waals surface area contributed by atoms with E-state index in [9.17, 15) is 0 Å². The van der Waals surface area contributed by atoms with Crippen LogP contribution in [-0.4, -0.2) is 11.1 Å². The molecule has 78 valence electrons. The van der Waals surface area contributed by atoms with E-state index in [0.29, 0.717) is 17.5 Å².